The average molecular weight is 306 g/mol. The number of aliphatic hydroxyl groups excluding tert-OH is 1. The van der Waals surface area contributed by atoms with Gasteiger partial charge in [0, 0.05) is 62.8 Å². The molecule has 0 atom stereocenters. The van der Waals surface area contributed by atoms with Crippen LogP contribution in [0.4, 0.5) is 0 Å². The summed E-state index contributed by atoms with van der Waals surface area (Å²) < 4.78 is 0. The first-order chi connectivity index (χ1) is 3.77. The molecule has 0 amide bonds. The van der Waals surface area contributed by atoms with Gasteiger partial charge in [-0.3, -0.25) is 0 Å². The molecule has 0 aliphatic rings. The SMILES string of the molecule is CCC[Si](C)C.CO.[Yb]. The molecule has 9 heavy (non-hydrogen) atoms. The molecular weight excluding hydrogens is 289 g/mol. The van der Waals surface area contributed by atoms with Gasteiger partial charge >= 0.3 is 0 Å². The summed E-state index contributed by atoms with van der Waals surface area (Å²) in [5.41, 5.74) is 0. The molecule has 0 aromatic rings. The number of hydrogen-bond donors (Lipinski definition) is 1. The molecule has 0 spiro atoms. The van der Waals surface area contributed by atoms with Gasteiger partial charge in [-0.2, -0.15) is 0 Å². The number of rotatable bonds is 2. The van der Waals surface area contributed by atoms with Gasteiger partial charge in [-0.1, -0.05) is 32.5 Å². The zero-order chi connectivity index (χ0) is 6.99. The summed E-state index contributed by atoms with van der Waals surface area (Å²) >= 11 is 0. The minimum absolute atomic E-state index is 0. The van der Waals surface area contributed by atoms with Crippen LogP contribution in [0.5, 0.6) is 0 Å². The van der Waals surface area contributed by atoms with E-state index in [4.69, 9.17) is 5.11 Å². The maximum absolute atomic E-state index is 7.00. The zero-order valence-corrected chi connectivity index (χ0v) is 9.34. The molecule has 0 aromatic heterocycles. The molecule has 0 aliphatic carbocycles. The Morgan fingerprint density at radius 2 is 1.56 bits per heavy atom. The molecule has 0 saturated heterocycles. The minimum Gasteiger partial charge on any atom is -0.400 e. The van der Waals surface area contributed by atoms with Crippen LogP contribution in [0.2, 0.25) is 19.1 Å². The van der Waals surface area contributed by atoms with Crippen molar-refractivity contribution in [2.24, 2.45) is 0 Å². The van der Waals surface area contributed by atoms with Gasteiger partial charge in [0.25, 0.3) is 0 Å². The molecule has 1 N–H and O–H groups in total. The summed E-state index contributed by atoms with van der Waals surface area (Å²) in [7, 11) is 1.11. The van der Waals surface area contributed by atoms with Crippen molar-refractivity contribution in [3.8, 4) is 0 Å². The largest absolute Gasteiger partial charge is 0.400 e. The van der Waals surface area contributed by atoms with Gasteiger partial charge in [0.2, 0.25) is 0 Å². The maximum atomic E-state index is 7.00. The Kier molecular flexibility index (Phi) is 30.8. The maximum Gasteiger partial charge on any atom is 0.0412 e. The van der Waals surface area contributed by atoms with Crippen LogP contribution in [-0.4, -0.2) is 21.0 Å². The van der Waals surface area contributed by atoms with Crippen LogP contribution in [0.3, 0.4) is 0 Å². The fourth-order valence-electron chi connectivity index (χ4n) is 0.500. The van der Waals surface area contributed by atoms with E-state index in [9.17, 15) is 0 Å². The molecule has 3 heteroatoms. The summed E-state index contributed by atoms with van der Waals surface area (Å²) in [5, 5.41) is 7.00. The van der Waals surface area contributed by atoms with Gasteiger partial charge in [0.1, 0.15) is 0 Å². The van der Waals surface area contributed by atoms with E-state index in [-0.39, 0.29) is 55.7 Å². The minimum atomic E-state index is 0. The van der Waals surface area contributed by atoms with Crippen LogP contribution in [-0.2, 0) is 0 Å². The van der Waals surface area contributed by atoms with Crippen LogP contribution in [0.1, 0.15) is 13.3 Å². The standard InChI is InChI=1S/C5H13Si.CH4O.Yb/c1-4-5-6(2)3;1-2;/h4-5H2,1-3H3;2H,1H3;. The fraction of sp³-hybridized carbons (Fsp3) is 1.00. The van der Waals surface area contributed by atoms with Crippen molar-refractivity contribution < 1.29 is 52.0 Å². The normalized spacial score (nSPS) is 7.33. The van der Waals surface area contributed by atoms with E-state index in [1.807, 2.05) is 0 Å². The zero-order valence-electron chi connectivity index (χ0n) is 6.63. The molecule has 0 fully saturated rings. The molecule has 0 unspecified atom stereocenters. The Hall–Kier alpha value is 1.70. The third-order valence-electron chi connectivity index (χ3n) is 0.750. The summed E-state index contributed by atoms with van der Waals surface area (Å²) in [6, 6.07) is 1.48. The molecule has 0 bridgehead atoms. The summed E-state index contributed by atoms with van der Waals surface area (Å²) in [4.78, 5) is 0. The Morgan fingerprint density at radius 1 is 1.22 bits per heavy atom. The average Bonchev–Trinajstić information content (AvgIpc) is 1.72. The van der Waals surface area contributed by atoms with E-state index in [1.165, 1.54) is 12.5 Å². The third-order valence-corrected chi connectivity index (χ3v) is 2.25. The number of hydrogen-bond acceptors (Lipinski definition) is 1. The molecule has 0 saturated carbocycles. The van der Waals surface area contributed by atoms with Crippen molar-refractivity contribution in [3.63, 3.8) is 0 Å². The van der Waals surface area contributed by atoms with Crippen LogP contribution in [0, 0.1) is 46.9 Å². The van der Waals surface area contributed by atoms with Crippen LogP contribution < -0.4 is 0 Å². The Labute approximate surface area is 99.1 Å². The van der Waals surface area contributed by atoms with E-state index < -0.39 is 0 Å². The van der Waals surface area contributed by atoms with Crippen molar-refractivity contribution in [1.82, 2.24) is 0 Å². The quantitative estimate of drug-likeness (QED) is 0.771. The topological polar surface area (TPSA) is 20.2 Å². The Balaban J connectivity index is -0.000000109. The molecule has 65 valence electrons. The van der Waals surface area contributed by atoms with E-state index >= 15 is 0 Å². The van der Waals surface area contributed by atoms with Crippen LogP contribution in [0.15, 0.2) is 0 Å². The molecule has 0 aliphatic heterocycles. The van der Waals surface area contributed by atoms with Gasteiger partial charge in [-0.15, -0.1) is 0 Å². The first-order valence-electron chi connectivity index (χ1n) is 3.01. The second-order valence-corrected chi connectivity index (χ2v) is 4.87. The van der Waals surface area contributed by atoms with Crippen molar-refractivity contribution in [2.45, 2.75) is 32.5 Å². The van der Waals surface area contributed by atoms with Crippen molar-refractivity contribution >= 4 is 8.80 Å². The monoisotopic (exact) mass is 307 g/mol. The first kappa shape index (κ1) is 17.0. The van der Waals surface area contributed by atoms with Gasteiger partial charge in [-0.05, 0) is 0 Å². The van der Waals surface area contributed by atoms with Gasteiger partial charge in [0.15, 0.2) is 0 Å². The molecule has 0 rings (SSSR count). The predicted octanol–water partition coefficient (Wildman–Crippen LogP) is 1.76. The van der Waals surface area contributed by atoms with E-state index in [1.54, 1.807) is 0 Å². The second-order valence-electron chi connectivity index (χ2n) is 1.96. The summed E-state index contributed by atoms with van der Waals surface area (Å²) in [6.45, 7) is 6.96. The Morgan fingerprint density at radius 3 is 1.56 bits per heavy atom. The molecule has 1 nitrogen and oxygen atoms in total. The smallest absolute Gasteiger partial charge is 0.0412 e. The van der Waals surface area contributed by atoms with Gasteiger partial charge in [0.05, 0.1) is 0 Å². The van der Waals surface area contributed by atoms with Gasteiger partial charge in [-0.25, -0.2) is 0 Å². The molecule has 0 aromatic carbocycles. The van der Waals surface area contributed by atoms with Crippen molar-refractivity contribution in [2.75, 3.05) is 7.11 Å². The molecule has 1 radical (unpaired) electrons. The van der Waals surface area contributed by atoms with Crippen molar-refractivity contribution in [3.05, 3.63) is 0 Å². The van der Waals surface area contributed by atoms with E-state index in [0.717, 1.165) is 7.11 Å². The summed E-state index contributed by atoms with van der Waals surface area (Å²) in [6.07, 6.45) is 1.38. The van der Waals surface area contributed by atoms with Crippen LogP contribution in [0.25, 0.3) is 0 Å². The number of aliphatic hydroxyl groups is 1. The molecular formula is C6H17OSiYb. The molecule has 0 heterocycles. The second kappa shape index (κ2) is 16.4. The third kappa shape index (κ3) is 26.0. The predicted molar refractivity (Wildman–Crippen MR) is 40.7 cm³/mol. The van der Waals surface area contributed by atoms with Crippen molar-refractivity contribution in [1.29, 1.82) is 0 Å². The Bertz CT molecular complexity index is 34.2. The summed E-state index contributed by atoms with van der Waals surface area (Å²) in [5.74, 6) is 0. The fourth-order valence-corrected chi connectivity index (χ4v) is 1.50. The van der Waals surface area contributed by atoms with Crippen LogP contribution >= 0.6 is 0 Å². The van der Waals surface area contributed by atoms with Gasteiger partial charge < -0.3 is 5.11 Å². The van der Waals surface area contributed by atoms with E-state index in [2.05, 4.69) is 20.0 Å². The first-order valence-corrected chi connectivity index (χ1v) is 5.71. The van der Waals surface area contributed by atoms with E-state index in [0.29, 0.717) is 0 Å².